The van der Waals surface area contributed by atoms with E-state index in [1.807, 2.05) is 12.1 Å². The standard InChI is InChI=1S/C15H25NO2/c1-11(15(2,3)4)9-16-10-12-7-6-8-13(18-5)14(12)17/h6-8,11,16-17H,9-10H2,1-5H3. The first-order valence-electron chi connectivity index (χ1n) is 6.41. The molecule has 0 aliphatic heterocycles. The molecule has 1 atom stereocenters. The number of para-hydroxylation sites is 1. The number of hydrogen-bond donors (Lipinski definition) is 2. The molecule has 3 nitrogen and oxygen atoms in total. The fourth-order valence-electron chi connectivity index (χ4n) is 1.60. The Morgan fingerprint density at radius 3 is 2.56 bits per heavy atom. The lowest BCUT2D eigenvalue weighted by atomic mass is 9.82. The van der Waals surface area contributed by atoms with Crippen molar-refractivity contribution in [3.05, 3.63) is 23.8 Å². The Kier molecular flexibility index (Phi) is 5.03. The van der Waals surface area contributed by atoms with E-state index in [2.05, 4.69) is 33.0 Å². The van der Waals surface area contributed by atoms with E-state index in [1.165, 1.54) is 0 Å². The largest absolute Gasteiger partial charge is 0.504 e. The van der Waals surface area contributed by atoms with Crippen LogP contribution >= 0.6 is 0 Å². The van der Waals surface area contributed by atoms with Crippen LogP contribution in [0, 0.1) is 11.3 Å². The predicted molar refractivity (Wildman–Crippen MR) is 75.0 cm³/mol. The Labute approximate surface area is 110 Å². The van der Waals surface area contributed by atoms with Crippen molar-refractivity contribution in [2.75, 3.05) is 13.7 Å². The zero-order chi connectivity index (χ0) is 13.8. The molecule has 0 fully saturated rings. The second kappa shape index (κ2) is 6.10. The van der Waals surface area contributed by atoms with Gasteiger partial charge in [-0.15, -0.1) is 0 Å². The van der Waals surface area contributed by atoms with Gasteiger partial charge in [0, 0.05) is 12.1 Å². The van der Waals surface area contributed by atoms with Crippen LogP contribution in [0.3, 0.4) is 0 Å². The van der Waals surface area contributed by atoms with Gasteiger partial charge in [-0.2, -0.15) is 0 Å². The molecule has 1 rings (SSSR count). The van der Waals surface area contributed by atoms with Crippen molar-refractivity contribution in [2.24, 2.45) is 11.3 Å². The Hall–Kier alpha value is -1.22. The highest BCUT2D eigenvalue weighted by atomic mass is 16.5. The maximum Gasteiger partial charge on any atom is 0.162 e. The summed E-state index contributed by atoms with van der Waals surface area (Å²) in [5, 5.41) is 13.3. The summed E-state index contributed by atoms with van der Waals surface area (Å²) >= 11 is 0. The minimum atomic E-state index is 0.232. The molecule has 0 aromatic heterocycles. The van der Waals surface area contributed by atoms with Crippen LogP contribution in [0.15, 0.2) is 18.2 Å². The summed E-state index contributed by atoms with van der Waals surface area (Å²) < 4.78 is 5.09. The van der Waals surface area contributed by atoms with Crippen LogP contribution < -0.4 is 10.1 Å². The van der Waals surface area contributed by atoms with E-state index in [0.717, 1.165) is 12.1 Å². The molecule has 0 amide bonds. The Bertz CT molecular complexity index is 383. The van der Waals surface area contributed by atoms with Crippen molar-refractivity contribution >= 4 is 0 Å². The highest BCUT2D eigenvalue weighted by molar-refractivity contribution is 5.45. The van der Waals surface area contributed by atoms with Crippen LogP contribution in [0.5, 0.6) is 11.5 Å². The van der Waals surface area contributed by atoms with Crippen LogP contribution in [-0.2, 0) is 6.54 Å². The topological polar surface area (TPSA) is 41.5 Å². The number of methoxy groups -OCH3 is 1. The molecule has 0 bridgehead atoms. The third-order valence-corrected chi connectivity index (χ3v) is 3.55. The van der Waals surface area contributed by atoms with Crippen molar-refractivity contribution in [2.45, 2.75) is 34.2 Å². The SMILES string of the molecule is COc1cccc(CNCC(C)C(C)(C)C)c1O. The maximum absolute atomic E-state index is 9.95. The van der Waals surface area contributed by atoms with Crippen LogP contribution in [0.25, 0.3) is 0 Å². The summed E-state index contributed by atoms with van der Waals surface area (Å²) in [6.45, 7) is 10.5. The van der Waals surface area contributed by atoms with Crippen molar-refractivity contribution in [1.29, 1.82) is 0 Å². The molecule has 0 heterocycles. The molecule has 1 unspecified atom stereocenters. The lowest BCUT2D eigenvalue weighted by Crippen LogP contribution is -2.29. The first-order chi connectivity index (χ1) is 8.36. The fraction of sp³-hybridized carbons (Fsp3) is 0.600. The van der Waals surface area contributed by atoms with Gasteiger partial charge in [-0.25, -0.2) is 0 Å². The van der Waals surface area contributed by atoms with Gasteiger partial charge < -0.3 is 15.2 Å². The van der Waals surface area contributed by atoms with E-state index >= 15 is 0 Å². The molecule has 0 saturated heterocycles. The molecule has 0 aliphatic carbocycles. The smallest absolute Gasteiger partial charge is 0.162 e. The van der Waals surface area contributed by atoms with Gasteiger partial charge >= 0.3 is 0 Å². The van der Waals surface area contributed by atoms with Crippen LogP contribution in [0.2, 0.25) is 0 Å². The number of hydrogen-bond acceptors (Lipinski definition) is 3. The second-order valence-corrected chi connectivity index (χ2v) is 5.87. The van der Waals surface area contributed by atoms with Gasteiger partial charge in [0.25, 0.3) is 0 Å². The van der Waals surface area contributed by atoms with Crippen molar-refractivity contribution in [3.63, 3.8) is 0 Å². The zero-order valence-electron chi connectivity index (χ0n) is 12.1. The summed E-state index contributed by atoms with van der Waals surface area (Å²) in [6, 6.07) is 5.56. The fourth-order valence-corrected chi connectivity index (χ4v) is 1.60. The van der Waals surface area contributed by atoms with Gasteiger partial charge in [0.1, 0.15) is 0 Å². The molecule has 0 radical (unpaired) electrons. The van der Waals surface area contributed by atoms with Gasteiger partial charge in [0.15, 0.2) is 11.5 Å². The minimum Gasteiger partial charge on any atom is -0.504 e. The first kappa shape index (κ1) is 14.8. The molecule has 0 aliphatic rings. The highest BCUT2D eigenvalue weighted by Gasteiger charge is 2.19. The number of nitrogens with one attached hydrogen (secondary N) is 1. The van der Waals surface area contributed by atoms with Gasteiger partial charge in [-0.05, 0) is 23.9 Å². The first-order valence-corrected chi connectivity index (χ1v) is 6.41. The molecular weight excluding hydrogens is 226 g/mol. The Morgan fingerprint density at radius 1 is 1.33 bits per heavy atom. The average Bonchev–Trinajstić information content (AvgIpc) is 2.30. The van der Waals surface area contributed by atoms with Gasteiger partial charge in [0.2, 0.25) is 0 Å². The lowest BCUT2D eigenvalue weighted by molar-refractivity contribution is 0.252. The molecule has 18 heavy (non-hydrogen) atoms. The van der Waals surface area contributed by atoms with Crippen molar-refractivity contribution in [3.8, 4) is 11.5 Å². The van der Waals surface area contributed by atoms with E-state index in [0.29, 0.717) is 23.6 Å². The molecule has 3 heteroatoms. The Morgan fingerprint density at radius 2 is 2.00 bits per heavy atom. The van der Waals surface area contributed by atoms with Crippen molar-refractivity contribution in [1.82, 2.24) is 5.32 Å². The highest BCUT2D eigenvalue weighted by Crippen LogP contribution is 2.29. The number of rotatable bonds is 5. The van der Waals surface area contributed by atoms with Crippen LogP contribution in [-0.4, -0.2) is 18.8 Å². The number of aromatic hydroxyl groups is 1. The number of ether oxygens (including phenoxy) is 1. The van der Waals surface area contributed by atoms with Crippen LogP contribution in [0.4, 0.5) is 0 Å². The van der Waals surface area contributed by atoms with E-state index in [9.17, 15) is 5.11 Å². The maximum atomic E-state index is 9.95. The minimum absolute atomic E-state index is 0.232. The summed E-state index contributed by atoms with van der Waals surface area (Å²) in [5.41, 5.74) is 1.17. The molecule has 2 N–H and O–H groups in total. The molecule has 102 valence electrons. The monoisotopic (exact) mass is 251 g/mol. The zero-order valence-corrected chi connectivity index (χ0v) is 12.1. The number of phenols is 1. The number of benzene rings is 1. The average molecular weight is 251 g/mol. The molecule has 0 spiro atoms. The van der Waals surface area contributed by atoms with E-state index in [1.54, 1.807) is 13.2 Å². The third kappa shape index (κ3) is 3.91. The molecular formula is C15H25NO2. The van der Waals surface area contributed by atoms with Gasteiger partial charge in [-0.1, -0.05) is 39.8 Å². The van der Waals surface area contributed by atoms with E-state index in [4.69, 9.17) is 4.74 Å². The Balaban J connectivity index is 2.55. The molecule has 0 saturated carbocycles. The summed E-state index contributed by atoms with van der Waals surface area (Å²) in [7, 11) is 1.56. The second-order valence-electron chi connectivity index (χ2n) is 5.87. The quantitative estimate of drug-likeness (QED) is 0.844. The van der Waals surface area contributed by atoms with E-state index in [-0.39, 0.29) is 5.75 Å². The molecule has 1 aromatic carbocycles. The normalized spacial score (nSPS) is 13.4. The van der Waals surface area contributed by atoms with Gasteiger partial charge in [-0.3, -0.25) is 0 Å². The van der Waals surface area contributed by atoms with E-state index < -0.39 is 0 Å². The van der Waals surface area contributed by atoms with Crippen molar-refractivity contribution < 1.29 is 9.84 Å². The van der Waals surface area contributed by atoms with Crippen LogP contribution in [0.1, 0.15) is 33.3 Å². The lowest BCUT2D eigenvalue weighted by Gasteiger charge is -2.27. The molecule has 1 aromatic rings. The number of phenolic OH excluding ortho intramolecular Hbond substituents is 1. The summed E-state index contributed by atoms with van der Waals surface area (Å²) in [5.74, 6) is 1.33. The predicted octanol–water partition coefficient (Wildman–Crippen LogP) is 3.17. The third-order valence-electron chi connectivity index (χ3n) is 3.55. The van der Waals surface area contributed by atoms with Gasteiger partial charge in [0.05, 0.1) is 7.11 Å². The summed E-state index contributed by atoms with van der Waals surface area (Å²) in [6.07, 6.45) is 0. The summed E-state index contributed by atoms with van der Waals surface area (Å²) in [4.78, 5) is 0.